The summed E-state index contributed by atoms with van der Waals surface area (Å²) in [6.07, 6.45) is -5.88. The summed E-state index contributed by atoms with van der Waals surface area (Å²) in [6, 6.07) is 0. The molecule has 0 aromatic heterocycles. The summed E-state index contributed by atoms with van der Waals surface area (Å²) in [4.78, 5) is 0. The predicted octanol–water partition coefficient (Wildman–Crippen LogP) is -3.97. The number of aliphatic hydroxyl groups excluding tert-OH is 4. The molecule has 1 unspecified atom stereocenters. The van der Waals surface area contributed by atoms with E-state index in [0.717, 1.165) is 0 Å². The van der Waals surface area contributed by atoms with E-state index in [1.165, 1.54) is 0 Å². The van der Waals surface area contributed by atoms with Gasteiger partial charge in [-0.15, -0.1) is 0 Å². The molecule has 1 aliphatic rings. The van der Waals surface area contributed by atoms with Crippen molar-refractivity contribution >= 4 is 0 Å². The molecule has 13 heavy (non-hydrogen) atoms. The largest absolute Gasteiger partial charge is 0.394 e. The molecule has 0 aromatic rings. The van der Waals surface area contributed by atoms with Crippen LogP contribution in [-0.2, 0) is 4.74 Å². The van der Waals surface area contributed by atoms with Gasteiger partial charge >= 0.3 is 0 Å². The number of hydrogen-bond acceptors (Lipinski definition) is 7. The summed E-state index contributed by atoms with van der Waals surface area (Å²) < 4.78 is 11.5. The van der Waals surface area contributed by atoms with E-state index in [2.05, 4.69) is 0 Å². The SMILES string of the molecule is [2H]N[C@]1(N)C(O)O[C@H](CO)[C@H](O)[C@@H]1O. The Balaban J connectivity index is 2.84. The Morgan fingerprint density at radius 1 is 1.46 bits per heavy atom. The van der Waals surface area contributed by atoms with Crippen molar-refractivity contribution in [3.63, 3.8) is 0 Å². The van der Waals surface area contributed by atoms with Crippen molar-refractivity contribution in [3.05, 3.63) is 0 Å². The van der Waals surface area contributed by atoms with Crippen LogP contribution in [0.15, 0.2) is 0 Å². The van der Waals surface area contributed by atoms with Crippen LogP contribution in [0.1, 0.15) is 0 Å². The van der Waals surface area contributed by atoms with Gasteiger partial charge in [0.1, 0.15) is 25.4 Å². The second-order valence-corrected chi connectivity index (χ2v) is 3.08. The van der Waals surface area contributed by atoms with Crippen molar-refractivity contribution in [1.29, 1.82) is 0 Å². The minimum Gasteiger partial charge on any atom is -0.394 e. The predicted molar refractivity (Wildman–Crippen MR) is 41.1 cm³/mol. The quantitative estimate of drug-likeness (QED) is 0.247. The summed E-state index contributed by atoms with van der Waals surface area (Å²) in [5, 5.41) is 36.9. The van der Waals surface area contributed by atoms with Gasteiger partial charge in [0.25, 0.3) is 0 Å². The molecule has 1 rings (SSSR count). The maximum Gasteiger partial charge on any atom is 0.189 e. The molecule has 7 heteroatoms. The molecule has 1 saturated heterocycles. The topological polar surface area (TPSA) is 142 Å². The monoisotopic (exact) mass is 195 g/mol. The molecule has 8 N–H and O–H groups in total. The smallest absolute Gasteiger partial charge is 0.189 e. The van der Waals surface area contributed by atoms with Crippen LogP contribution >= 0.6 is 0 Å². The third-order valence-corrected chi connectivity index (χ3v) is 2.09. The Kier molecular flexibility index (Phi) is 2.47. The fourth-order valence-corrected chi connectivity index (χ4v) is 1.14. The zero-order chi connectivity index (χ0) is 10.9. The standard InChI is InChI=1S/C6H14N2O5/c7-6(8)4(11)3(10)2(1-9)13-5(6)12/h2-5,9-12H,1,7-8H2/t2-,3+,4+,5?/m1/s1/i/hD. The molecule has 0 saturated carbocycles. The van der Waals surface area contributed by atoms with Crippen molar-refractivity contribution in [2.24, 2.45) is 11.5 Å². The highest BCUT2D eigenvalue weighted by molar-refractivity contribution is 4.99. The zero-order valence-electron chi connectivity index (χ0n) is 7.79. The maximum atomic E-state index is 9.46. The average molecular weight is 195 g/mol. The Labute approximate surface area is 76.0 Å². The molecule has 0 amide bonds. The minimum absolute atomic E-state index is 0.566. The first kappa shape index (κ1) is 9.28. The van der Waals surface area contributed by atoms with E-state index in [1.807, 2.05) is 0 Å². The van der Waals surface area contributed by atoms with E-state index < -0.39 is 36.9 Å². The Bertz CT molecular complexity index is 209. The molecular formula is C6H14N2O5. The normalized spacial score (nSPS) is 53.2. The van der Waals surface area contributed by atoms with E-state index in [1.54, 1.807) is 5.73 Å². The van der Waals surface area contributed by atoms with Crippen molar-refractivity contribution in [2.45, 2.75) is 30.3 Å². The van der Waals surface area contributed by atoms with Crippen LogP contribution in [0.2, 0.25) is 1.41 Å². The number of hydrogen-bond donors (Lipinski definition) is 6. The molecule has 0 bridgehead atoms. The van der Waals surface area contributed by atoms with E-state index in [0.29, 0.717) is 0 Å². The lowest BCUT2D eigenvalue weighted by Gasteiger charge is -2.44. The molecule has 5 atom stereocenters. The highest BCUT2D eigenvalue weighted by atomic mass is 16.6. The van der Waals surface area contributed by atoms with Crippen LogP contribution in [0.5, 0.6) is 0 Å². The molecule has 1 heterocycles. The van der Waals surface area contributed by atoms with Gasteiger partial charge in [-0.1, -0.05) is 0 Å². The van der Waals surface area contributed by atoms with Gasteiger partial charge in [-0.05, 0) is 0 Å². The van der Waals surface area contributed by atoms with Gasteiger partial charge in [0.05, 0.1) is 6.61 Å². The van der Waals surface area contributed by atoms with Crippen molar-refractivity contribution in [2.75, 3.05) is 6.61 Å². The van der Waals surface area contributed by atoms with Gasteiger partial charge in [0, 0.05) is 0 Å². The van der Waals surface area contributed by atoms with Crippen molar-refractivity contribution in [1.82, 2.24) is 0 Å². The maximum absolute atomic E-state index is 9.46. The first-order chi connectivity index (χ1) is 6.47. The molecule has 7 nitrogen and oxygen atoms in total. The van der Waals surface area contributed by atoms with E-state index in [4.69, 9.17) is 17.0 Å². The molecule has 0 aromatic carbocycles. The third-order valence-electron chi connectivity index (χ3n) is 2.09. The van der Waals surface area contributed by atoms with Crippen LogP contribution in [0.4, 0.5) is 0 Å². The minimum atomic E-state index is -1.97. The average Bonchev–Trinajstić information content (AvgIpc) is 2.20. The van der Waals surface area contributed by atoms with Crippen LogP contribution in [-0.4, -0.2) is 57.3 Å². The van der Waals surface area contributed by atoms with Crippen LogP contribution < -0.4 is 11.5 Å². The Hall–Kier alpha value is -0.280. The van der Waals surface area contributed by atoms with E-state index in [9.17, 15) is 15.3 Å². The van der Waals surface area contributed by atoms with Crippen molar-refractivity contribution < 1.29 is 26.6 Å². The number of aliphatic hydroxyl groups is 4. The lowest BCUT2D eigenvalue weighted by Crippen LogP contribution is -2.75. The molecule has 78 valence electrons. The molecule has 1 aliphatic heterocycles. The number of nitrogens with two attached hydrogens (primary N) is 2. The molecule has 0 aliphatic carbocycles. The molecule has 0 radical (unpaired) electrons. The van der Waals surface area contributed by atoms with Crippen LogP contribution in [0.25, 0.3) is 0 Å². The zero-order valence-corrected chi connectivity index (χ0v) is 6.79. The summed E-state index contributed by atoms with van der Waals surface area (Å²) in [6.45, 7) is -0.566. The Morgan fingerprint density at radius 3 is 2.54 bits per heavy atom. The van der Waals surface area contributed by atoms with Gasteiger partial charge in [0.15, 0.2) is 6.29 Å². The fraction of sp³-hybridized carbons (Fsp3) is 1.00. The Morgan fingerprint density at radius 2 is 2.08 bits per heavy atom. The van der Waals surface area contributed by atoms with Crippen LogP contribution in [0, 0.1) is 0 Å². The summed E-state index contributed by atoms with van der Waals surface area (Å²) in [7, 11) is 0. The molecular weight excluding hydrogens is 180 g/mol. The lowest BCUT2D eigenvalue weighted by molar-refractivity contribution is -0.276. The van der Waals surface area contributed by atoms with Crippen molar-refractivity contribution in [3.8, 4) is 0 Å². The first-order valence-electron chi connectivity index (χ1n) is 4.25. The van der Waals surface area contributed by atoms with Gasteiger partial charge in [-0.2, -0.15) is 0 Å². The third kappa shape index (κ3) is 1.67. The highest BCUT2D eigenvalue weighted by Crippen LogP contribution is 2.22. The summed E-state index contributed by atoms with van der Waals surface area (Å²) >= 11 is 0. The van der Waals surface area contributed by atoms with Gasteiger partial charge in [-0.3, -0.25) is 0 Å². The number of rotatable bonds is 2. The number of ether oxygens (including phenoxy) is 1. The second kappa shape index (κ2) is 3.46. The van der Waals surface area contributed by atoms with Crippen LogP contribution in [0.3, 0.4) is 0 Å². The second-order valence-electron chi connectivity index (χ2n) is 3.08. The molecule has 1 fully saturated rings. The van der Waals surface area contributed by atoms with E-state index in [-0.39, 0.29) is 0 Å². The van der Waals surface area contributed by atoms with Gasteiger partial charge < -0.3 is 36.6 Å². The highest BCUT2D eigenvalue weighted by Gasteiger charge is 2.50. The van der Waals surface area contributed by atoms with Gasteiger partial charge in [-0.25, -0.2) is 0 Å². The van der Waals surface area contributed by atoms with Gasteiger partial charge in [0.2, 0.25) is 0 Å². The lowest BCUT2D eigenvalue weighted by atomic mass is 9.92. The first-order valence-corrected chi connectivity index (χ1v) is 3.75. The summed E-state index contributed by atoms with van der Waals surface area (Å²) in [5.74, 6) is 0. The summed E-state index contributed by atoms with van der Waals surface area (Å²) in [5.41, 5.74) is 5.14. The molecule has 0 spiro atoms. The fourth-order valence-electron chi connectivity index (χ4n) is 1.14. The van der Waals surface area contributed by atoms with E-state index >= 15 is 0 Å².